The van der Waals surface area contributed by atoms with Crippen LogP contribution in [0.2, 0.25) is 0 Å². The molecular formula is C28H39N5O6. The van der Waals surface area contributed by atoms with E-state index < -0.39 is 35.1 Å². The van der Waals surface area contributed by atoms with Crippen molar-refractivity contribution in [1.29, 1.82) is 0 Å². The van der Waals surface area contributed by atoms with Crippen molar-refractivity contribution in [3.63, 3.8) is 0 Å². The molecule has 1 atom stereocenters. The maximum absolute atomic E-state index is 13.6. The Morgan fingerprint density at radius 2 is 1.82 bits per heavy atom. The molecular weight excluding hydrogens is 502 g/mol. The number of ether oxygens (including phenoxy) is 2. The molecule has 3 amide bonds. The van der Waals surface area contributed by atoms with E-state index in [1.807, 2.05) is 37.3 Å². The normalized spacial score (nSPS) is 14.3. The number of carbonyl (C=O) groups excluding carboxylic acids is 3. The lowest BCUT2D eigenvalue weighted by Crippen LogP contribution is -2.61. The Labute approximate surface area is 228 Å². The van der Waals surface area contributed by atoms with Gasteiger partial charge < -0.3 is 30.0 Å². The molecule has 2 heterocycles. The first kappa shape index (κ1) is 29.8. The molecule has 0 saturated carbocycles. The number of aryl methyl sites for hydroxylation is 1. The van der Waals surface area contributed by atoms with Gasteiger partial charge in [-0.25, -0.2) is 9.78 Å². The van der Waals surface area contributed by atoms with E-state index in [-0.39, 0.29) is 25.3 Å². The number of benzene rings is 1. The molecule has 0 bridgehead atoms. The van der Waals surface area contributed by atoms with Crippen LogP contribution in [0.3, 0.4) is 0 Å². The number of rotatable bonds is 9. The summed E-state index contributed by atoms with van der Waals surface area (Å²) >= 11 is 0. The van der Waals surface area contributed by atoms with E-state index >= 15 is 0 Å². The Morgan fingerprint density at radius 3 is 2.46 bits per heavy atom. The molecule has 3 rings (SSSR count). The third kappa shape index (κ3) is 8.38. The summed E-state index contributed by atoms with van der Waals surface area (Å²) in [6, 6.07) is 8.40. The Hall–Kier alpha value is -3.73. The van der Waals surface area contributed by atoms with Crippen LogP contribution in [0, 0.1) is 0 Å². The Balaban J connectivity index is 1.75. The van der Waals surface area contributed by atoms with Crippen molar-refractivity contribution in [2.24, 2.45) is 0 Å². The van der Waals surface area contributed by atoms with Gasteiger partial charge in [0.25, 0.3) is 5.56 Å². The molecule has 0 radical (unpaired) electrons. The van der Waals surface area contributed by atoms with Gasteiger partial charge in [0, 0.05) is 19.4 Å². The van der Waals surface area contributed by atoms with Crippen molar-refractivity contribution < 1.29 is 23.9 Å². The first-order chi connectivity index (χ1) is 18.3. The van der Waals surface area contributed by atoms with Crippen LogP contribution in [0.25, 0.3) is 0 Å². The minimum Gasteiger partial charge on any atom is -0.444 e. The Bertz CT molecular complexity index is 1240. The SMILES string of the molecule is CCc1nc2c(c(=O)[nH]1)CN(C(=O)C(COCc1ccccc1)NC(=O)C(C)(C)NC(=O)OC(C)(C)C)CC2. The smallest absolute Gasteiger partial charge is 0.408 e. The highest BCUT2D eigenvalue weighted by Crippen LogP contribution is 2.16. The Morgan fingerprint density at radius 1 is 1.13 bits per heavy atom. The number of aromatic amines is 1. The molecule has 1 aliphatic rings. The molecule has 0 aliphatic carbocycles. The number of amides is 3. The maximum Gasteiger partial charge on any atom is 0.408 e. The quantitative estimate of drug-likeness (QED) is 0.442. The standard InChI is InChI=1S/C28H39N5O6/c1-7-22-29-20-13-14-33(15-19(20)23(34)31-22)24(35)21(17-38-16-18-11-9-8-10-12-18)30-25(36)28(5,6)32-26(37)39-27(2,3)4/h8-12,21H,7,13-17H2,1-6H3,(H,30,36)(H,32,37)(H,29,31,34). The van der Waals surface area contributed by atoms with Gasteiger partial charge >= 0.3 is 6.09 Å². The van der Waals surface area contributed by atoms with Crippen LogP contribution < -0.4 is 16.2 Å². The predicted molar refractivity (Wildman–Crippen MR) is 145 cm³/mol. The van der Waals surface area contributed by atoms with Crippen LogP contribution in [0.4, 0.5) is 4.79 Å². The molecule has 11 heteroatoms. The Kier molecular flexibility index (Phi) is 9.49. The van der Waals surface area contributed by atoms with Crippen molar-refractivity contribution in [2.45, 2.75) is 84.7 Å². The summed E-state index contributed by atoms with van der Waals surface area (Å²) in [5, 5.41) is 5.30. The van der Waals surface area contributed by atoms with Gasteiger partial charge in [-0.05, 0) is 40.2 Å². The van der Waals surface area contributed by atoms with Crippen LogP contribution >= 0.6 is 0 Å². The summed E-state index contributed by atoms with van der Waals surface area (Å²) in [6.07, 6.45) is 0.275. The molecule has 0 fully saturated rings. The van der Waals surface area contributed by atoms with Gasteiger partial charge in [0.2, 0.25) is 11.8 Å². The van der Waals surface area contributed by atoms with Gasteiger partial charge in [-0.2, -0.15) is 0 Å². The van der Waals surface area contributed by atoms with Gasteiger partial charge in [-0.3, -0.25) is 14.4 Å². The third-order valence-corrected chi connectivity index (χ3v) is 6.14. The summed E-state index contributed by atoms with van der Waals surface area (Å²) in [5.74, 6) is -0.369. The minimum absolute atomic E-state index is 0.0745. The van der Waals surface area contributed by atoms with Crippen molar-refractivity contribution in [2.75, 3.05) is 13.2 Å². The van der Waals surface area contributed by atoms with Crippen LogP contribution in [0.5, 0.6) is 0 Å². The van der Waals surface area contributed by atoms with Crippen molar-refractivity contribution in [3.05, 3.63) is 63.3 Å². The second-order valence-electron chi connectivity index (χ2n) is 11.1. The van der Waals surface area contributed by atoms with Gasteiger partial charge in [0.1, 0.15) is 23.0 Å². The monoisotopic (exact) mass is 541 g/mol. The molecule has 0 spiro atoms. The summed E-state index contributed by atoms with van der Waals surface area (Å²) in [7, 11) is 0. The van der Waals surface area contributed by atoms with Gasteiger partial charge in [0.05, 0.1) is 31.0 Å². The number of aromatic nitrogens is 2. The third-order valence-electron chi connectivity index (χ3n) is 6.14. The highest BCUT2D eigenvalue weighted by Gasteiger charge is 2.36. The van der Waals surface area contributed by atoms with Crippen LogP contribution in [-0.2, 0) is 45.1 Å². The van der Waals surface area contributed by atoms with E-state index in [2.05, 4.69) is 20.6 Å². The van der Waals surface area contributed by atoms with Crippen LogP contribution in [-0.4, -0.2) is 63.1 Å². The number of hydrogen-bond acceptors (Lipinski definition) is 7. The number of fused-ring (bicyclic) bond motifs is 1. The molecule has 1 unspecified atom stereocenters. The largest absolute Gasteiger partial charge is 0.444 e. The second kappa shape index (κ2) is 12.4. The summed E-state index contributed by atoms with van der Waals surface area (Å²) in [6.45, 7) is 10.7. The van der Waals surface area contributed by atoms with Crippen molar-refractivity contribution >= 4 is 17.9 Å². The highest BCUT2D eigenvalue weighted by molar-refractivity contribution is 5.93. The molecule has 1 aromatic carbocycles. The molecule has 212 valence electrons. The molecule has 11 nitrogen and oxygen atoms in total. The molecule has 1 aromatic heterocycles. The van der Waals surface area contributed by atoms with E-state index in [1.54, 1.807) is 20.8 Å². The van der Waals surface area contributed by atoms with E-state index in [4.69, 9.17) is 9.47 Å². The highest BCUT2D eigenvalue weighted by atomic mass is 16.6. The number of H-pyrrole nitrogens is 1. The average molecular weight is 542 g/mol. The summed E-state index contributed by atoms with van der Waals surface area (Å²) in [4.78, 5) is 60.6. The van der Waals surface area contributed by atoms with Gasteiger partial charge in [-0.15, -0.1) is 0 Å². The summed E-state index contributed by atoms with van der Waals surface area (Å²) < 4.78 is 11.1. The lowest BCUT2D eigenvalue weighted by atomic mass is 10.0. The second-order valence-corrected chi connectivity index (χ2v) is 11.1. The average Bonchev–Trinajstić information content (AvgIpc) is 2.86. The molecule has 1 aliphatic heterocycles. The van der Waals surface area contributed by atoms with Gasteiger partial charge in [0.15, 0.2) is 0 Å². The lowest BCUT2D eigenvalue weighted by molar-refractivity contribution is -0.140. The number of nitrogens with zero attached hydrogens (tertiary/aromatic N) is 2. The van der Waals surface area contributed by atoms with Gasteiger partial charge in [-0.1, -0.05) is 37.3 Å². The minimum atomic E-state index is -1.38. The van der Waals surface area contributed by atoms with Crippen molar-refractivity contribution in [3.8, 4) is 0 Å². The predicted octanol–water partition coefficient (Wildman–Crippen LogP) is 2.22. The van der Waals surface area contributed by atoms with Crippen LogP contribution in [0.1, 0.15) is 64.2 Å². The van der Waals surface area contributed by atoms with Crippen molar-refractivity contribution in [1.82, 2.24) is 25.5 Å². The van der Waals surface area contributed by atoms with E-state index in [9.17, 15) is 19.2 Å². The zero-order valence-corrected chi connectivity index (χ0v) is 23.6. The number of nitrogens with one attached hydrogen (secondary N) is 3. The fourth-order valence-corrected chi connectivity index (χ4v) is 4.05. The first-order valence-corrected chi connectivity index (χ1v) is 13.1. The molecule has 3 N–H and O–H groups in total. The lowest BCUT2D eigenvalue weighted by Gasteiger charge is -2.33. The fourth-order valence-electron chi connectivity index (χ4n) is 4.05. The zero-order chi connectivity index (χ0) is 28.8. The zero-order valence-electron chi connectivity index (χ0n) is 23.6. The van der Waals surface area contributed by atoms with Crippen LogP contribution in [0.15, 0.2) is 35.1 Å². The molecule has 2 aromatic rings. The van der Waals surface area contributed by atoms with E-state index in [1.165, 1.54) is 18.7 Å². The number of hydrogen-bond donors (Lipinski definition) is 3. The first-order valence-electron chi connectivity index (χ1n) is 13.1. The number of carbonyl (C=O) groups is 3. The summed E-state index contributed by atoms with van der Waals surface area (Å²) in [5.41, 5.74) is -0.351. The molecule has 0 saturated heterocycles. The number of alkyl carbamates (subject to hydrolysis) is 1. The van der Waals surface area contributed by atoms with E-state index in [0.29, 0.717) is 36.5 Å². The van der Waals surface area contributed by atoms with E-state index in [0.717, 1.165) is 5.56 Å². The molecule has 39 heavy (non-hydrogen) atoms. The maximum atomic E-state index is 13.6. The topological polar surface area (TPSA) is 143 Å². The fraction of sp³-hybridized carbons (Fsp3) is 0.536.